The molecule has 0 saturated carbocycles. The minimum atomic E-state index is 0.0723. The van der Waals surface area contributed by atoms with E-state index in [-0.39, 0.29) is 6.61 Å². The molecule has 0 spiro atoms. The van der Waals surface area contributed by atoms with Crippen LogP contribution in [0.5, 0.6) is 0 Å². The van der Waals surface area contributed by atoms with Crippen LogP contribution >= 0.6 is 0 Å². The standard InChI is InChI=1S/C8H17N3O3/c12-6-8-14-7-5-10-1-3-11(9-13)4-2-10/h12H,1-8H2. The molecule has 6 nitrogen and oxygen atoms in total. The smallest absolute Gasteiger partial charge is 0.0698 e. The van der Waals surface area contributed by atoms with Gasteiger partial charge in [0.1, 0.15) is 0 Å². The average molecular weight is 203 g/mol. The van der Waals surface area contributed by atoms with E-state index in [0.717, 1.165) is 19.6 Å². The summed E-state index contributed by atoms with van der Waals surface area (Å²) >= 11 is 0. The lowest BCUT2D eigenvalue weighted by atomic mass is 10.3. The largest absolute Gasteiger partial charge is 0.394 e. The summed E-state index contributed by atoms with van der Waals surface area (Å²) in [5, 5.41) is 12.9. The number of nitrogens with zero attached hydrogens (tertiary/aromatic N) is 3. The first-order valence-corrected chi connectivity index (χ1v) is 4.86. The molecule has 0 aromatic rings. The van der Waals surface area contributed by atoms with Crippen molar-refractivity contribution >= 4 is 0 Å². The second-order valence-corrected chi connectivity index (χ2v) is 3.21. The lowest BCUT2D eigenvalue weighted by molar-refractivity contribution is 0.0578. The highest BCUT2D eigenvalue weighted by atomic mass is 16.5. The molecule has 0 radical (unpaired) electrons. The SMILES string of the molecule is O=NN1CCN(CCOCCO)CC1. The average Bonchev–Trinajstić information content (AvgIpc) is 2.25. The monoisotopic (exact) mass is 203 g/mol. The first-order valence-electron chi connectivity index (χ1n) is 4.86. The van der Waals surface area contributed by atoms with Crippen LogP contribution in [0.2, 0.25) is 0 Å². The third-order valence-electron chi connectivity index (χ3n) is 2.25. The summed E-state index contributed by atoms with van der Waals surface area (Å²) in [4.78, 5) is 12.4. The molecule has 6 heteroatoms. The van der Waals surface area contributed by atoms with Gasteiger partial charge in [0.2, 0.25) is 0 Å². The molecular formula is C8H17N3O3. The van der Waals surface area contributed by atoms with E-state index >= 15 is 0 Å². The fourth-order valence-corrected chi connectivity index (χ4v) is 1.40. The van der Waals surface area contributed by atoms with E-state index in [1.807, 2.05) is 0 Å². The van der Waals surface area contributed by atoms with Gasteiger partial charge in [-0.1, -0.05) is 0 Å². The van der Waals surface area contributed by atoms with Gasteiger partial charge in [-0.05, 0) is 0 Å². The molecule has 0 aromatic carbocycles. The Kier molecular flexibility index (Phi) is 5.43. The zero-order valence-electron chi connectivity index (χ0n) is 8.26. The molecule has 1 aliphatic heterocycles. The van der Waals surface area contributed by atoms with Crippen LogP contribution in [0.15, 0.2) is 5.29 Å². The second-order valence-electron chi connectivity index (χ2n) is 3.21. The van der Waals surface area contributed by atoms with E-state index in [1.165, 1.54) is 5.01 Å². The number of hydrogen-bond donors (Lipinski definition) is 1. The number of aliphatic hydroxyl groups is 1. The zero-order chi connectivity index (χ0) is 10.2. The van der Waals surface area contributed by atoms with Gasteiger partial charge in [-0.25, -0.2) is 0 Å². The maximum absolute atomic E-state index is 10.2. The van der Waals surface area contributed by atoms with Crippen LogP contribution in [0, 0.1) is 4.91 Å². The van der Waals surface area contributed by atoms with E-state index in [2.05, 4.69) is 10.2 Å². The van der Waals surface area contributed by atoms with Gasteiger partial charge in [0, 0.05) is 19.6 Å². The predicted molar refractivity (Wildman–Crippen MR) is 51.7 cm³/mol. The number of nitroso groups, excluding NO2 is 1. The first-order chi connectivity index (χ1) is 6.86. The Bertz CT molecular complexity index is 160. The van der Waals surface area contributed by atoms with Crippen LogP contribution in [0.25, 0.3) is 0 Å². The number of rotatable bonds is 6. The van der Waals surface area contributed by atoms with Crippen molar-refractivity contribution in [2.45, 2.75) is 0 Å². The Hall–Kier alpha value is -0.720. The lowest BCUT2D eigenvalue weighted by Gasteiger charge is -2.30. The van der Waals surface area contributed by atoms with E-state index < -0.39 is 0 Å². The minimum absolute atomic E-state index is 0.0723. The molecule has 0 unspecified atom stereocenters. The number of piperazine rings is 1. The van der Waals surface area contributed by atoms with E-state index in [0.29, 0.717) is 26.3 Å². The Labute approximate surface area is 83.4 Å². The summed E-state index contributed by atoms with van der Waals surface area (Å²) < 4.78 is 5.15. The predicted octanol–water partition coefficient (Wildman–Crippen LogP) is -0.706. The molecule has 1 N–H and O–H groups in total. The van der Waals surface area contributed by atoms with Gasteiger partial charge in [0.05, 0.1) is 38.2 Å². The topological polar surface area (TPSA) is 65.4 Å². The molecule has 14 heavy (non-hydrogen) atoms. The minimum Gasteiger partial charge on any atom is -0.394 e. The maximum atomic E-state index is 10.2. The number of aliphatic hydroxyl groups excluding tert-OH is 1. The molecular weight excluding hydrogens is 186 g/mol. The molecule has 1 rings (SSSR count). The number of hydrogen-bond acceptors (Lipinski definition) is 5. The van der Waals surface area contributed by atoms with Crippen molar-refractivity contribution in [3.8, 4) is 0 Å². The van der Waals surface area contributed by atoms with Crippen LogP contribution in [0.1, 0.15) is 0 Å². The van der Waals surface area contributed by atoms with Crippen molar-refractivity contribution in [2.24, 2.45) is 5.29 Å². The Morgan fingerprint density at radius 2 is 1.93 bits per heavy atom. The zero-order valence-corrected chi connectivity index (χ0v) is 8.26. The Morgan fingerprint density at radius 3 is 2.50 bits per heavy atom. The molecule has 1 aliphatic rings. The molecule has 0 aliphatic carbocycles. The van der Waals surface area contributed by atoms with E-state index in [4.69, 9.17) is 9.84 Å². The van der Waals surface area contributed by atoms with Crippen LogP contribution in [-0.2, 0) is 4.74 Å². The highest BCUT2D eigenvalue weighted by Crippen LogP contribution is 2.00. The van der Waals surface area contributed by atoms with Crippen LogP contribution < -0.4 is 0 Å². The van der Waals surface area contributed by atoms with Gasteiger partial charge in [0.25, 0.3) is 0 Å². The quantitative estimate of drug-likeness (QED) is 0.456. The van der Waals surface area contributed by atoms with Gasteiger partial charge in [-0.2, -0.15) is 0 Å². The van der Waals surface area contributed by atoms with Crippen LogP contribution in [-0.4, -0.2) is 67.6 Å². The Balaban J connectivity index is 2.01. The van der Waals surface area contributed by atoms with E-state index in [1.54, 1.807) is 0 Å². The summed E-state index contributed by atoms with van der Waals surface area (Å²) in [6, 6.07) is 0. The third kappa shape index (κ3) is 3.99. The molecule has 0 amide bonds. The molecule has 0 aromatic heterocycles. The van der Waals surface area contributed by atoms with Crippen molar-refractivity contribution in [3.63, 3.8) is 0 Å². The number of ether oxygens (including phenoxy) is 1. The third-order valence-corrected chi connectivity index (χ3v) is 2.25. The van der Waals surface area contributed by atoms with Crippen molar-refractivity contribution in [2.75, 3.05) is 52.5 Å². The molecule has 1 fully saturated rings. The van der Waals surface area contributed by atoms with Gasteiger partial charge < -0.3 is 9.84 Å². The van der Waals surface area contributed by atoms with Crippen LogP contribution in [0.4, 0.5) is 0 Å². The van der Waals surface area contributed by atoms with Crippen molar-refractivity contribution in [1.29, 1.82) is 0 Å². The van der Waals surface area contributed by atoms with Crippen LogP contribution in [0.3, 0.4) is 0 Å². The molecule has 0 atom stereocenters. The van der Waals surface area contributed by atoms with Gasteiger partial charge >= 0.3 is 0 Å². The van der Waals surface area contributed by atoms with Crippen molar-refractivity contribution in [1.82, 2.24) is 9.91 Å². The first kappa shape index (κ1) is 11.4. The highest BCUT2D eigenvalue weighted by Gasteiger charge is 2.15. The fourth-order valence-electron chi connectivity index (χ4n) is 1.40. The summed E-state index contributed by atoms with van der Waals surface area (Å²) in [5.74, 6) is 0. The van der Waals surface area contributed by atoms with Gasteiger partial charge in [-0.15, -0.1) is 4.91 Å². The molecule has 82 valence electrons. The normalized spacial score (nSPS) is 18.5. The molecule has 1 heterocycles. The van der Waals surface area contributed by atoms with E-state index in [9.17, 15) is 4.91 Å². The van der Waals surface area contributed by atoms with Crippen molar-refractivity contribution in [3.05, 3.63) is 4.91 Å². The van der Waals surface area contributed by atoms with Crippen molar-refractivity contribution < 1.29 is 9.84 Å². The maximum Gasteiger partial charge on any atom is 0.0698 e. The summed E-state index contributed by atoms with van der Waals surface area (Å²) in [6.07, 6.45) is 0. The summed E-state index contributed by atoms with van der Waals surface area (Å²) in [7, 11) is 0. The lowest BCUT2D eigenvalue weighted by Crippen LogP contribution is -2.45. The highest BCUT2D eigenvalue weighted by molar-refractivity contribution is 4.68. The Morgan fingerprint density at radius 1 is 1.21 bits per heavy atom. The summed E-state index contributed by atoms with van der Waals surface area (Å²) in [6.45, 7) is 5.07. The second kappa shape index (κ2) is 6.69. The van der Waals surface area contributed by atoms with Gasteiger partial charge in [0.15, 0.2) is 0 Å². The summed E-state index contributed by atoms with van der Waals surface area (Å²) in [5.41, 5.74) is 0. The van der Waals surface area contributed by atoms with Gasteiger partial charge in [-0.3, -0.25) is 9.91 Å². The molecule has 1 saturated heterocycles. The fraction of sp³-hybridized carbons (Fsp3) is 1.00. The molecule has 0 bridgehead atoms.